The van der Waals surface area contributed by atoms with E-state index in [1.54, 1.807) is 17.3 Å². The van der Waals surface area contributed by atoms with Crippen molar-refractivity contribution < 1.29 is 29.4 Å². The van der Waals surface area contributed by atoms with Gasteiger partial charge in [0.25, 0.3) is 0 Å². The average molecular weight is 723 g/mol. The van der Waals surface area contributed by atoms with Crippen molar-refractivity contribution in [2.75, 3.05) is 0 Å². The predicted molar refractivity (Wildman–Crippen MR) is 163 cm³/mol. The van der Waals surface area contributed by atoms with Crippen LogP contribution in [0.25, 0.3) is 22.5 Å². The van der Waals surface area contributed by atoms with Gasteiger partial charge < -0.3 is 19.3 Å². The van der Waals surface area contributed by atoms with Gasteiger partial charge in [-0.3, -0.25) is 0 Å². The van der Waals surface area contributed by atoms with Gasteiger partial charge in [-0.05, 0) is 70.0 Å². The van der Waals surface area contributed by atoms with E-state index in [1.165, 1.54) is 25.7 Å². The van der Waals surface area contributed by atoms with Gasteiger partial charge in [-0.2, -0.15) is 0 Å². The summed E-state index contributed by atoms with van der Waals surface area (Å²) in [6, 6.07) is 29.1. The van der Waals surface area contributed by atoms with Gasteiger partial charge in [-0.25, -0.2) is 0 Å². The van der Waals surface area contributed by atoms with Crippen LogP contribution in [0.4, 0.5) is 0 Å². The Kier molecular flexibility index (Phi) is 9.71. The van der Waals surface area contributed by atoms with Gasteiger partial charge in [0.2, 0.25) is 0 Å². The summed E-state index contributed by atoms with van der Waals surface area (Å²) in [4.78, 5) is 8.79. The molecule has 0 atom stereocenters. The average Bonchev–Trinajstić information content (AvgIpc) is 3.21. The predicted octanol–water partition coefficient (Wildman–Crippen LogP) is 7.79. The molecule has 0 unspecified atom stereocenters. The molecule has 41 heavy (non-hydrogen) atoms. The number of nitrogens with zero attached hydrogens (tertiary/aromatic N) is 2. The zero-order valence-corrected chi connectivity index (χ0v) is 26.0. The third-order valence-electron chi connectivity index (χ3n) is 8.86. The summed E-state index contributed by atoms with van der Waals surface area (Å²) >= 11 is 0. The van der Waals surface area contributed by atoms with Crippen molar-refractivity contribution in [1.82, 2.24) is 9.97 Å². The van der Waals surface area contributed by atoms with Crippen LogP contribution in [-0.4, -0.2) is 28.3 Å². The fourth-order valence-electron chi connectivity index (χ4n) is 5.89. The summed E-state index contributed by atoms with van der Waals surface area (Å²) in [7, 11) is -0.355. The van der Waals surface area contributed by atoms with Gasteiger partial charge in [0, 0.05) is 32.5 Å². The Morgan fingerprint density at radius 1 is 0.732 bits per heavy atom. The Hall–Kier alpha value is -2.63. The Labute approximate surface area is 259 Å². The molecule has 215 valence electrons. The first kappa shape index (κ1) is 31.3. The molecule has 3 heterocycles. The van der Waals surface area contributed by atoms with E-state index in [-0.39, 0.29) is 45.9 Å². The minimum Gasteiger partial charge on any atom is -0.400 e. The SMILES string of the molecule is C.CC1(C)OB(c2cc[c-]c(-c3ccccn3)c2)OC1(C)C.[Ir].[c-]1cc2c(cc1-c1ccccn1)C1CCC2CC1. The first-order valence-corrected chi connectivity index (χ1v) is 14.1. The standard InChI is InChI=1S/C17H19BNO2.C17H16N.CH4.Ir/c1-16(2)17(3,4)21-18(20-16)14-9-7-8-13(12-14)15-10-5-6-11-19-15;1-2-10-18-17(3-1)14-8-9-15-12-4-6-13(7-5-12)16(15)11-14;;/h5-7,9-12H,1-4H3;1-3,9-13H,4-7H2;1H4;/q2*-1;;. The smallest absolute Gasteiger partial charge is 0.400 e. The minimum atomic E-state index is -0.355. The monoisotopic (exact) mass is 723 g/mol. The van der Waals surface area contributed by atoms with Crippen LogP contribution in [0.5, 0.6) is 0 Å². The van der Waals surface area contributed by atoms with Crippen LogP contribution >= 0.6 is 0 Å². The van der Waals surface area contributed by atoms with E-state index >= 15 is 0 Å². The van der Waals surface area contributed by atoms with E-state index in [1.807, 2.05) is 54.7 Å². The molecule has 1 radical (unpaired) electrons. The molecular formula is C35H39BIrN2O2-2. The topological polar surface area (TPSA) is 44.2 Å². The molecule has 1 saturated carbocycles. The zero-order valence-electron chi connectivity index (χ0n) is 23.6. The summed E-state index contributed by atoms with van der Waals surface area (Å²) in [5, 5.41) is 0. The van der Waals surface area contributed by atoms with Gasteiger partial charge in [0.1, 0.15) is 0 Å². The van der Waals surface area contributed by atoms with E-state index in [0.717, 1.165) is 39.8 Å². The molecule has 1 aliphatic heterocycles. The normalized spacial score (nSPS) is 21.0. The maximum Gasteiger partial charge on any atom is 0.475 e. The molecule has 2 aromatic heterocycles. The van der Waals surface area contributed by atoms with E-state index in [9.17, 15) is 0 Å². The summed E-state index contributed by atoms with van der Waals surface area (Å²) in [5.41, 5.74) is 7.52. The van der Waals surface area contributed by atoms with Crippen molar-refractivity contribution in [3.63, 3.8) is 0 Å². The van der Waals surface area contributed by atoms with Crippen LogP contribution in [0, 0.1) is 12.1 Å². The quantitative estimate of drug-likeness (QED) is 0.160. The van der Waals surface area contributed by atoms with Gasteiger partial charge in [-0.1, -0.05) is 50.5 Å². The first-order chi connectivity index (χ1) is 18.8. The molecule has 2 bridgehead atoms. The Morgan fingerprint density at radius 3 is 1.80 bits per heavy atom. The van der Waals surface area contributed by atoms with Crippen molar-refractivity contribution in [2.24, 2.45) is 0 Å². The maximum atomic E-state index is 6.08. The fourth-order valence-corrected chi connectivity index (χ4v) is 5.89. The molecule has 1 saturated heterocycles. The third kappa shape index (κ3) is 6.42. The van der Waals surface area contributed by atoms with Crippen LogP contribution in [0.15, 0.2) is 79.1 Å². The third-order valence-corrected chi connectivity index (χ3v) is 8.86. The molecule has 0 spiro atoms. The number of aromatic nitrogens is 2. The van der Waals surface area contributed by atoms with Crippen LogP contribution in [0.3, 0.4) is 0 Å². The summed E-state index contributed by atoms with van der Waals surface area (Å²) < 4.78 is 12.2. The Balaban J connectivity index is 0.000000182. The molecule has 8 rings (SSSR count). The van der Waals surface area contributed by atoms with Gasteiger partial charge in [0.15, 0.2) is 0 Å². The second-order valence-corrected chi connectivity index (χ2v) is 11.9. The van der Waals surface area contributed by atoms with Crippen molar-refractivity contribution in [1.29, 1.82) is 0 Å². The van der Waals surface area contributed by atoms with Crippen molar-refractivity contribution >= 4 is 12.6 Å². The van der Waals surface area contributed by atoms with Crippen molar-refractivity contribution in [3.05, 3.63) is 102 Å². The van der Waals surface area contributed by atoms with E-state index in [0.29, 0.717) is 0 Å². The van der Waals surface area contributed by atoms with Crippen LogP contribution in [0.2, 0.25) is 0 Å². The van der Waals surface area contributed by atoms with E-state index in [4.69, 9.17) is 9.31 Å². The second-order valence-electron chi connectivity index (χ2n) is 11.9. The molecule has 2 aromatic carbocycles. The molecule has 6 heteroatoms. The van der Waals surface area contributed by atoms with Crippen LogP contribution < -0.4 is 5.46 Å². The molecule has 4 nitrogen and oxygen atoms in total. The zero-order chi connectivity index (χ0) is 27.0. The molecule has 4 aromatic rings. The minimum absolute atomic E-state index is 0. The number of rotatable bonds is 3. The maximum absolute atomic E-state index is 6.08. The fraction of sp³-hybridized carbons (Fsp3) is 0.371. The van der Waals surface area contributed by atoms with Gasteiger partial charge in [0.05, 0.1) is 11.2 Å². The molecule has 2 fully saturated rings. The largest absolute Gasteiger partial charge is 0.475 e. The number of hydrogen-bond acceptors (Lipinski definition) is 4. The van der Waals surface area contributed by atoms with Crippen molar-refractivity contribution in [3.8, 4) is 22.5 Å². The second kappa shape index (κ2) is 12.7. The van der Waals surface area contributed by atoms with Crippen molar-refractivity contribution in [2.45, 2.75) is 83.8 Å². The number of pyridine rings is 2. The summed E-state index contributed by atoms with van der Waals surface area (Å²) in [6.07, 6.45) is 9.16. The molecular weight excluding hydrogens is 683 g/mol. The van der Waals surface area contributed by atoms with Crippen LogP contribution in [-0.2, 0) is 29.4 Å². The number of hydrogen-bond donors (Lipinski definition) is 0. The first-order valence-electron chi connectivity index (χ1n) is 14.1. The molecule has 3 aliphatic carbocycles. The summed E-state index contributed by atoms with van der Waals surface area (Å²) in [6.45, 7) is 8.23. The van der Waals surface area contributed by atoms with E-state index in [2.05, 4.69) is 68.0 Å². The number of fused-ring (bicyclic) bond motifs is 2. The molecule has 0 amide bonds. The van der Waals surface area contributed by atoms with Gasteiger partial charge in [-0.15, -0.1) is 70.2 Å². The van der Waals surface area contributed by atoms with Crippen LogP contribution in [0.1, 0.15) is 83.8 Å². The Morgan fingerprint density at radius 2 is 1.27 bits per heavy atom. The van der Waals surface area contributed by atoms with E-state index < -0.39 is 0 Å². The number of benzene rings is 2. The Bertz CT molecular complexity index is 1420. The summed E-state index contributed by atoms with van der Waals surface area (Å²) in [5.74, 6) is 1.60. The molecule has 4 aliphatic rings. The van der Waals surface area contributed by atoms with Gasteiger partial charge >= 0.3 is 7.12 Å². The molecule has 0 N–H and O–H groups in total.